The van der Waals surface area contributed by atoms with Crippen LogP contribution >= 0.6 is 11.8 Å². The van der Waals surface area contributed by atoms with Gasteiger partial charge in [-0.2, -0.15) is 0 Å². The fraction of sp³-hybridized carbons (Fsp3) is 0.444. The van der Waals surface area contributed by atoms with Gasteiger partial charge in [-0.05, 0) is 50.3 Å². The standard InChI is InChI=1S/C18H24N4S/c1-14-10-18(20-13-19-14)21-16-4-3-9-22(12-16)11-15-5-7-17(23-2)8-6-15/h5-8,10,13,16H,3-4,9,11-12H2,1-2H3,(H,19,20,21). The first kappa shape index (κ1) is 16.3. The van der Waals surface area contributed by atoms with Gasteiger partial charge in [0.25, 0.3) is 0 Å². The minimum Gasteiger partial charge on any atom is -0.366 e. The van der Waals surface area contributed by atoms with Crippen LogP contribution in [-0.2, 0) is 6.54 Å². The van der Waals surface area contributed by atoms with Crippen LogP contribution in [0.2, 0.25) is 0 Å². The maximum atomic E-state index is 4.32. The highest BCUT2D eigenvalue weighted by molar-refractivity contribution is 7.98. The van der Waals surface area contributed by atoms with Gasteiger partial charge in [0, 0.05) is 35.8 Å². The summed E-state index contributed by atoms with van der Waals surface area (Å²) in [5.41, 5.74) is 2.39. The molecule has 0 aliphatic carbocycles. The molecule has 1 N–H and O–H groups in total. The zero-order valence-electron chi connectivity index (χ0n) is 13.8. The molecule has 1 aliphatic heterocycles. The number of likely N-dealkylation sites (tertiary alicyclic amines) is 1. The Kier molecular flexibility index (Phi) is 5.51. The molecule has 1 unspecified atom stereocenters. The average Bonchev–Trinajstić information content (AvgIpc) is 2.56. The third kappa shape index (κ3) is 4.69. The summed E-state index contributed by atoms with van der Waals surface area (Å²) in [5, 5.41) is 3.56. The van der Waals surface area contributed by atoms with Crippen molar-refractivity contribution in [3.63, 3.8) is 0 Å². The number of piperidine rings is 1. The van der Waals surface area contributed by atoms with E-state index in [1.807, 2.05) is 13.0 Å². The maximum Gasteiger partial charge on any atom is 0.129 e. The third-order valence-electron chi connectivity index (χ3n) is 4.23. The number of benzene rings is 1. The zero-order valence-corrected chi connectivity index (χ0v) is 14.6. The summed E-state index contributed by atoms with van der Waals surface area (Å²) in [5.74, 6) is 0.939. The van der Waals surface area contributed by atoms with Crippen LogP contribution in [0.25, 0.3) is 0 Å². The van der Waals surface area contributed by atoms with Crippen molar-refractivity contribution < 1.29 is 0 Å². The summed E-state index contributed by atoms with van der Waals surface area (Å²) in [6, 6.07) is 11.4. The second kappa shape index (κ2) is 7.79. The lowest BCUT2D eigenvalue weighted by molar-refractivity contribution is 0.208. The van der Waals surface area contributed by atoms with Gasteiger partial charge in [0.15, 0.2) is 0 Å². The number of anilines is 1. The van der Waals surface area contributed by atoms with Crippen LogP contribution in [0.5, 0.6) is 0 Å². The molecule has 4 nitrogen and oxygen atoms in total. The van der Waals surface area contributed by atoms with Gasteiger partial charge in [-0.3, -0.25) is 4.90 Å². The number of hydrogen-bond acceptors (Lipinski definition) is 5. The van der Waals surface area contributed by atoms with E-state index in [1.54, 1.807) is 18.1 Å². The molecule has 1 fully saturated rings. The fourth-order valence-electron chi connectivity index (χ4n) is 3.05. The monoisotopic (exact) mass is 328 g/mol. The van der Waals surface area contributed by atoms with E-state index in [0.29, 0.717) is 6.04 Å². The minimum atomic E-state index is 0.462. The van der Waals surface area contributed by atoms with E-state index in [0.717, 1.165) is 24.6 Å². The van der Waals surface area contributed by atoms with Crippen molar-refractivity contribution in [3.05, 3.63) is 47.9 Å². The first-order valence-corrected chi connectivity index (χ1v) is 9.36. The molecule has 2 heterocycles. The lowest BCUT2D eigenvalue weighted by Crippen LogP contribution is -2.41. The van der Waals surface area contributed by atoms with E-state index in [9.17, 15) is 0 Å². The molecule has 0 saturated carbocycles. The van der Waals surface area contributed by atoms with E-state index in [2.05, 4.69) is 50.7 Å². The number of aromatic nitrogens is 2. The Bertz CT molecular complexity index is 629. The number of thioether (sulfide) groups is 1. The second-order valence-corrected chi connectivity index (χ2v) is 6.99. The predicted molar refractivity (Wildman–Crippen MR) is 96.9 cm³/mol. The van der Waals surface area contributed by atoms with Crippen LogP contribution in [0, 0.1) is 6.92 Å². The molecule has 2 aromatic rings. The van der Waals surface area contributed by atoms with Gasteiger partial charge < -0.3 is 5.32 Å². The van der Waals surface area contributed by atoms with Crippen molar-refractivity contribution in [2.75, 3.05) is 24.7 Å². The first-order valence-electron chi connectivity index (χ1n) is 8.13. The molecule has 1 aliphatic rings. The number of rotatable bonds is 5. The van der Waals surface area contributed by atoms with Crippen molar-refractivity contribution in [1.29, 1.82) is 0 Å². The largest absolute Gasteiger partial charge is 0.366 e. The molecule has 1 aromatic carbocycles. The Morgan fingerprint density at radius 1 is 1.26 bits per heavy atom. The van der Waals surface area contributed by atoms with Crippen LogP contribution in [0.4, 0.5) is 5.82 Å². The molecule has 3 rings (SSSR count). The maximum absolute atomic E-state index is 4.32. The van der Waals surface area contributed by atoms with Crippen LogP contribution in [-0.4, -0.2) is 40.3 Å². The van der Waals surface area contributed by atoms with Gasteiger partial charge in [-0.15, -0.1) is 11.8 Å². The van der Waals surface area contributed by atoms with Crippen molar-refractivity contribution >= 4 is 17.6 Å². The highest BCUT2D eigenvalue weighted by atomic mass is 32.2. The smallest absolute Gasteiger partial charge is 0.129 e. The van der Waals surface area contributed by atoms with Crippen molar-refractivity contribution in [2.45, 2.75) is 37.2 Å². The molecule has 0 spiro atoms. The molecule has 5 heteroatoms. The molecule has 23 heavy (non-hydrogen) atoms. The summed E-state index contributed by atoms with van der Waals surface area (Å²) in [4.78, 5) is 12.3. The van der Waals surface area contributed by atoms with Gasteiger partial charge in [-0.1, -0.05) is 12.1 Å². The normalized spacial score (nSPS) is 18.8. The second-order valence-electron chi connectivity index (χ2n) is 6.11. The first-order chi connectivity index (χ1) is 11.2. The highest BCUT2D eigenvalue weighted by Gasteiger charge is 2.20. The summed E-state index contributed by atoms with van der Waals surface area (Å²) in [6.45, 7) is 5.26. The van der Waals surface area contributed by atoms with E-state index in [-0.39, 0.29) is 0 Å². The zero-order chi connectivity index (χ0) is 16.1. The predicted octanol–water partition coefficient (Wildman–Crippen LogP) is 3.58. The molecule has 122 valence electrons. The summed E-state index contributed by atoms with van der Waals surface area (Å²) >= 11 is 1.79. The van der Waals surface area contributed by atoms with Crippen LogP contribution in [0.1, 0.15) is 24.1 Å². The van der Waals surface area contributed by atoms with Crippen molar-refractivity contribution in [3.8, 4) is 0 Å². The molecular weight excluding hydrogens is 304 g/mol. The minimum absolute atomic E-state index is 0.462. The van der Waals surface area contributed by atoms with E-state index < -0.39 is 0 Å². The Morgan fingerprint density at radius 3 is 2.83 bits per heavy atom. The van der Waals surface area contributed by atoms with Gasteiger partial charge in [-0.25, -0.2) is 9.97 Å². The van der Waals surface area contributed by atoms with Crippen molar-refractivity contribution in [2.24, 2.45) is 0 Å². The Morgan fingerprint density at radius 2 is 2.09 bits per heavy atom. The number of hydrogen-bond donors (Lipinski definition) is 1. The van der Waals surface area contributed by atoms with Gasteiger partial charge >= 0.3 is 0 Å². The SMILES string of the molecule is CSc1ccc(CN2CCCC(Nc3cc(C)ncn3)C2)cc1. The highest BCUT2D eigenvalue weighted by Crippen LogP contribution is 2.19. The van der Waals surface area contributed by atoms with Crippen LogP contribution in [0.15, 0.2) is 41.6 Å². The summed E-state index contributed by atoms with van der Waals surface area (Å²) in [7, 11) is 0. The van der Waals surface area contributed by atoms with E-state index in [1.165, 1.54) is 29.8 Å². The van der Waals surface area contributed by atoms with E-state index in [4.69, 9.17) is 0 Å². The van der Waals surface area contributed by atoms with E-state index >= 15 is 0 Å². The molecule has 0 amide bonds. The molecule has 1 aromatic heterocycles. The molecule has 0 radical (unpaired) electrons. The van der Waals surface area contributed by atoms with Gasteiger partial charge in [0.1, 0.15) is 12.1 Å². The topological polar surface area (TPSA) is 41.0 Å². The fourth-order valence-corrected chi connectivity index (χ4v) is 3.46. The van der Waals surface area contributed by atoms with Gasteiger partial charge in [0.05, 0.1) is 0 Å². The molecule has 1 saturated heterocycles. The van der Waals surface area contributed by atoms with Gasteiger partial charge in [0.2, 0.25) is 0 Å². The number of aryl methyl sites for hydroxylation is 1. The van der Waals surface area contributed by atoms with Crippen LogP contribution < -0.4 is 5.32 Å². The quantitative estimate of drug-likeness (QED) is 0.850. The molecular formula is C18H24N4S. The molecule has 1 atom stereocenters. The summed E-state index contributed by atoms with van der Waals surface area (Å²) in [6.07, 6.45) is 6.17. The lowest BCUT2D eigenvalue weighted by atomic mass is 10.0. The third-order valence-corrected chi connectivity index (χ3v) is 4.97. The summed E-state index contributed by atoms with van der Waals surface area (Å²) < 4.78 is 0. The Balaban J connectivity index is 1.57. The number of nitrogens with one attached hydrogen (secondary N) is 1. The Hall–Kier alpha value is -1.59. The van der Waals surface area contributed by atoms with Crippen molar-refractivity contribution in [1.82, 2.24) is 14.9 Å². The molecule has 0 bridgehead atoms. The Labute approximate surface area is 142 Å². The lowest BCUT2D eigenvalue weighted by Gasteiger charge is -2.33. The average molecular weight is 328 g/mol. The number of nitrogens with zero attached hydrogens (tertiary/aromatic N) is 3. The van der Waals surface area contributed by atoms with Crippen LogP contribution in [0.3, 0.4) is 0 Å².